The lowest BCUT2D eigenvalue weighted by Gasteiger charge is -2.39. The van der Waals surface area contributed by atoms with Crippen LogP contribution in [0.4, 0.5) is 0 Å². The van der Waals surface area contributed by atoms with Gasteiger partial charge in [-0.05, 0) is 51.1 Å². The van der Waals surface area contributed by atoms with Crippen LogP contribution in [0.1, 0.15) is 32.1 Å². The van der Waals surface area contributed by atoms with Crippen LogP contribution in [-0.4, -0.2) is 43.8 Å². The maximum Gasteiger partial charge on any atom is 0.0480 e. The molecule has 0 amide bonds. The average molecular weight is 212 g/mol. The summed E-state index contributed by atoms with van der Waals surface area (Å²) >= 11 is 0. The molecule has 1 atom stereocenters. The van der Waals surface area contributed by atoms with Crippen molar-refractivity contribution in [2.45, 2.75) is 38.1 Å². The molecule has 2 aliphatic heterocycles. The standard InChI is InChI=1S/C12H24N2O/c13-6-3-11-2-1-7-14(10-11)12-4-8-15-9-5-12/h11-12H,1-10,13H2. The van der Waals surface area contributed by atoms with Gasteiger partial charge in [0.2, 0.25) is 0 Å². The average Bonchev–Trinajstić information content (AvgIpc) is 2.31. The number of ether oxygens (including phenoxy) is 1. The van der Waals surface area contributed by atoms with E-state index in [1.807, 2.05) is 0 Å². The molecule has 0 aromatic carbocycles. The zero-order valence-electron chi connectivity index (χ0n) is 9.66. The van der Waals surface area contributed by atoms with E-state index in [0.29, 0.717) is 0 Å². The van der Waals surface area contributed by atoms with Gasteiger partial charge in [0.1, 0.15) is 0 Å². The molecule has 2 aliphatic rings. The number of piperidine rings is 1. The Bertz CT molecular complexity index is 178. The van der Waals surface area contributed by atoms with Gasteiger partial charge in [0.05, 0.1) is 0 Å². The maximum absolute atomic E-state index is 5.64. The van der Waals surface area contributed by atoms with Crippen molar-refractivity contribution in [1.29, 1.82) is 0 Å². The van der Waals surface area contributed by atoms with Crippen LogP contribution in [0.15, 0.2) is 0 Å². The molecule has 0 bridgehead atoms. The van der Waals surface area contributed by atoms with Gasteiger partial charge in [-0.3, -0.25) is 4.90 Å². The Morgan fingerprint density at radius 3 is 2.73 bits per heavy atom. The molecule has 0 aliphatic carbocycles. The minimum absolute atomic E-state index is 0.791. The highest BCUT2D eigenvalue weighted by Crippen LogP contribution is 2.24. The van der Waals surface area contributed by atoms with Crippen molar-refractivity contribution in [2.75, 3.05) is 32.8 Å². The van der Waals surface area contributed by atoms with Gasteiger partial charge >= 0.3 is 0 Å². The van der Waals surface area contributed by atoms with Crippen molar-refractivity contribution in [2.24, 2.45) is 11.7 Å². The molecule has 2 fully saturated rings. The predicted molar refractivity (Wildman–Crippen MR) is 61.8 cm³/mol. The first-order chi connectivity index (χ1) is 7.40. The van der Waals surface area contributed by atoms with E-state index in [9.17, 15) is 0 Å². The van der Waals surface area contributed by atoms with Gasteiger partial charge in [0.15, 0.2) is 0 Å². The van der Waals surface area contributed by atoms with Gasteiger partial charge < -0.3 is 10.5 Å². The van der Waals surface area contributed by atoms with Crippen molar-refractivity contribution in [1.82, 2.24) is 4.90 Å². The molecule has 2 N–H and O–H groups in total. The summed E-state index contributed by atoms with van der Waals surface area (Å²) in [4.78, 5) is 2.69. The van der Waals surface area contributed by atoms with E-state index in [2.05, 4.69) is 4.90 Å². The fourth-order valence-corrected chi connectivity index (χ4v) is 2.95. The maximum atomic E-state index is 5.64. The van der Waals surface area contributed by atoms with E-state index in [-0.39, 0.29) is 0 Å². The monoisotopic (exact) mass is 212 g/mol. The second kappa shape index (κ2) is 5.83. The first-order valence-corrected chi connectivity index (χ1v) is 6.42. The van der Waals surface area contributed by atoms with Gasteiger partial charge in [0.25, 0.3) is 0 Å². The first kappa shape index (κ1) is 11.4. The second-order valence-electron chi connectivity index (χ2n) is 4.92. The molecule has 2 saturated heterocycles. The van der Waals surface area contributed by atoms with Crippen LogP contribution < -0.4 is 5.73 Å². The molecule has 1 unspecified atom stereocenters. The second-order valence-corrected chi connectivity index (χ2v) is 4.92. The van der Waals surface area contributed by atoms with Gasteiger partial charge in [0, 0.05) is 25.8 Å². The van der Waals surface area contributed by atoms with Crippen LogP contribution >= 0.6 is 0 Å². The summed E-state index contributed by atoms with van der Waals surface area (Å²) in [6.45, 7) is 5.35. The SMILES string of the molecule is NCCC1CCCN(C2CCOCC2)C1. The highest BCUT2D eigenvalue weighted by molar-refractivity contribution is 4.80. The van der Waals surface area contributed by atoms with Crippen LogP contribution in [0.5, 0.6) is 0 Å². The normalized spacial score (nSPS) is 30.6. The topological polar surface area (TPSA) is 38.5 Å². The number of rotatable bonds is 3. The molecule has 3 heteroatoms. The molecule has 3 nitrogen and oxygen atoms in total. The van der Waals surface area contributed by atoms with Crippen molar-refractivity contribution in [3.8, 4) is 0 Å². The fraction of sp³-hybridized carbons (Fsp3) is 1.00. The molecular weight excluding hydrogens is 188 g/mol. The Labute approximate surface area is 93.0 Å². The lowest BCUT2D eigenvalue weighted by Crippen LogP contribution is -2.45. The molecule has 0 saturated carbocycles. The van der Waals surface area contributed by atoms with E-state index in [1.165, 1.54) is 45.2 Å². The highest BCUT2D eigenvalue weighted by atomic mass is 16.5. The lowest BCUT2D eigenvalue weighted by atomic mass is 9.92. The van der Waals surface area contributed by atoms with Gasteiger partial charge in [-0.25, -0.2) is 0 Å². The summed E-state index contributed by atoms with van der Waals surface area (Å²) < 4.78 is 5.42. The minimum atomic E-state index is 0.791. The summed E-state index contributed by atoms with van der Waals surface area (Å²) in [7, 11) is 0. The third kappa shape index (κ3) is 3.16. The molecule has 15 heavy (non-hydrogen) atoms. The van der Waals surface area contributed by atoms with Crippen LogP contribution in [0, 0.1) is 5.92 Å². The largest absolute Gasteiger partial charge is 0.381 e. The molecule has 0 aromatic heterocycles. The number of likely N-dealkylation sites (tertiary alicyclic amines) is 1. The molecule has 0 radical (unpaired) electrons. The van der Waals surface area contributed by atoms with Crippen LogP contribution in [0.3, 0.4) is 0 Å². The van der Waals surface area contributed by atoms with Gasteiger partial charge in [-0.2, -0.15) is 0 Å². The van der Waals surface area contributed by atoms with Gasteiger partial charge in [-0.1, -0.05) is 0 Å². The van der Waals surface area contributed by atoms with Crippen LogP contribution in [0.25, 0.3) is 0 Å². The van der Waals surface area contributed by atoms with E-state index >= 15 is 0 Å². The third-order valence-corrected chi connectivity index (χ3v) is 3.83. The summed E-state index contributed by atoms with van der Waals surface area (Å²) in [6, 6.07) is 0.791. The Morgan fingerprint density at radius 2 is 2.00 bits per heavy atom. The van der Waals surface area contributed by atoms with Crippen molar-refractivity contribution < 1.29 is 4.74 Å². The number of nitrogens with zero attached hydrogens (tertiary/aromatic N) is 1. The molecule has 0 aromatic rings. The zero-order chi connectivity index (χ0) is 10.5. The molecule has 2 heterocycles. The van der Waals surface area contributed by atoms with E-state index in [4.69, 9.17) is 10.5 Å². The number of hydrogen-bond donors (Lipinski definition) is 1. The molecule has 0 spiro atoms. The van der Waals surface area contributed by atoms with Crippen molar-refractivity contribution >= 4 is 0 Å². The molecule has 2 rings (SSSR count). The molecule has 88 valence electrons. The van der Waals surface area contributed by atoms with Gasteiger partial charge in [-0.15, -0.1) is 0 Å². The van der Waals surface area contributed by atoms with E-state index in [1.54, 1.807) is 0 Å². The Morgan fingerprint density at radius 1 is 1.20 bits per heavy atom. The smallest absolute Gasteiger partial charge is 0.0480 e. The predicted octanol–water partition coefficient (Wildman–Crippen LogP) is 1.23. The Kier molecular flexibility index (Phi) is 4.42. The lowest BCUT2D eigenvalue weighted by molar-refractivity contribution is 0.0172. The van der Waals surface area contributed by atoms with Crippen molar-refractivity contribution in [3.05, 3.63) is 0 Å². The van der Waals surface area contributed by atoms with Crippen LogP contribution in [-0.2, 0) is 4.74 Å². The number of hydrogen-bond acceptors (Lipinski definition) is 3. The fourth-order valence-electron chi connectivity index (χ4n) is 2.95. The Balaban J connectivity index is 1.80. The van der Waals surface area contributed by atoms with E-state index in [0.717, 1.165) is 31.7 Å². The highest BCUT2D eigenvalue weighted by Gasteiger charge is 2.26. The third-order valence-electron chi connectivity index (χ3n) is 3.83. The van der Waals surface area contributed by atoms with Crippen molar-refractivity contribution in [3.63, 3.8) is 0 Å². The summed E-state index contributed by atoms with van der Waals surface area (Å²) in [5, 5.41) is 0. The number of nitrogens with two attached hydrogens (primary N) is 1. The quantitative estimate of drug-likeness (QED) is 0.764. The zero-order valence-corrected chi connectivity index (χ0v) is 9.66. The molecular formula is C12H24N2O. The van der Waals surface area contributed by atoms with Crippen LogP contribution in [0.2, 0.25) is 0 Å². The summed E-state index contributed by atoms with van der Waals surface area (Å²) in [5.41, 5.74) is 5.64. The van der Waals surface area contributed by atoms with E-state index < -0.39 is 0 Å². The minimum Gasteiger partial charge on any atom is -0.381 e. The Hall–Kier alpha value is -0.120. The first-order valence-electron chi connectivity index (χ1n) is 6.42. The summed E-state index contributed by atoms with van der Waals surface area (Å²) in [5.74, 6) is 0.853. The summed E-state index contributed by atoms with van der Waals surface area (Å²) in [6.07, 6.45) is 6.42.